The maximum Gasteiger partial charge on any atom is 0.408 e. The highest BCUT2D eigenvalue weighted by Crippen LogP contribution is 2.23. The molecule has 5 nitrogen and oxygen atoms in total. The van der Waals surface area contributed by atoms with Crippen molar-refractivity contribution in [2.45, 2.75) is 45.3 Å². The minimum absolute atomic E-state index is 0.269. The second-order valence-electron chi connectivity index (χ2n) is 7.28. The van der Waals surface area contributed by atoms with Gasteiger partial charge in [-0.3, -0.25) is 0 Å². The molecule has 0 saturated carbocycles. The minimum atomic E-state index is -1.09. The Morgan fingerprint density at radius 1 is 1.11 bits per heavy atom. The Morgan fingerprint density at radius 3 is 2.33 bits per heavy atom. The lowest BCUT2D eigenvalue weighted by Gasteiger charge is -2.22. The predicted molar refractivity (Wildman–Crippen MR) is 106 cm³/mol. The van der Waals surface area contributed by atoms with E-state index in [0.717, 1.165) is 16.7 Å². The Morgan fingerprint density at radius 2 is 1.78 bits per heavy atom. The molecule has 1 unspecified atom stereocenters. The summed E-state index contributed by atoms with van der Waals surface area (Å²) in [6, 6.07) is 14.4. The molecule has 0 radical (unpaired) electrons. The van der Waals surface area contributed by atoms with Crippen LogP contribution in [-0.4, -0.2) is 28.8 Å². The van der Waals surface area contributed by atoms with Gasteiger partial charge in [0.05, 0.1) is 0 Å². The molecule has 1 atom stereocenters. The fraction of sp³-hybridized carbons (Fsp3) is 0.333. The SMILES string of the molecule is CC(C)(C)OC(=O)NC(CCc1ccc(-c2cccc(Cl)c2)cc1)C(=O)O. The van der Waals surface area contributed by atoms with E-state index < -0.39 is 23.7 Å². The lowest BCUT2D eigenvalue weighted by molar-refractivity contribution is -0.139. The Kier molecular flexibility index (Phi) is 6.86. The molecule has 0 aromatic heterocycles. The number of carbonyl (C=O) groups is 2. The van der Waals surface area contributed by atoms with Crippen LogP contribution >= 0.6 is 11.6 Å². The van der Waals surface area contributed by atoms with Crippen LogP contribution in [0.5, 0.6) is 0 Å². The second-order valence-corrected chi connectivity index (χ2v) is 7.72. The number of aliphatic carboxylic acids is 1. The van der Waals surface area contributed by atoms with E-state index in [1.165, 1.54) is 0 Å². The van der Waals surface area contributed by atoms with Gasteiger partial charge in [-0.15, -0.1) is 0 Å². The number of halogens is 1. The number of hydrogen-bond donors (Lipinski definition) is 2. The number of carboxylic acid groups (broad SMARTS) is 1. The molecular weight excluding hydrogens is 366 g/mol. The van der Waals surface area contributed by atoms with Gasteiger partial charge in [0.2, 0.25) is 0 Å². The molecule has 1 amide bonds. The number of alkyl carbamates (subject to hydrolysis) is 1. The number of carbonyl (C=O) groups excluding carboxylic acids is 1. The lowest BCUT2D eigenvalue weighted by Crippen LogP contribution is -2.43. The van der Waals surface area contributed by atoms with Crippen molar-refractivity contribution in [3.05, 3.63) is 59.1 Å². The third-order valence-electron chi connectivity index (χ3n) is 3.82. The maximum atomic E-state index is 11.8. The summed E-state index contributed by atoms with van der Waals surface area (Å²) >= 11 is 6.02. The molecule has 27 heavy (non-hydrogen) atoms. The number of ether oxygens (including phenoxy) is 1. The fourth-order valence-electron chi connectivity index (χ4n) is 2.55. The third kappa shape index (κ3) is 6.94. The third-order valence-corrected chi connectivity index (χ3v) is 4.06. The Labute approximate surface area is 164 Å². The van der Waals surface area contributed by atoms with E-state index in [0.29, 0.717) is 11.4 Å². The number of rotatable bonds is 6. The first-order chi connectivity index (χ1) is 12.6. The van der Waals surface area contributed by atoms with Crippen LogP contribution in [0.2, 0.25) is 5.02 Å². The molecule has 2 aromatic rings. The van der Waals surface area contributed by atoms with Gasteiger partial charge in [0.1, 0.15) is 11.6 Å². The molecule has 0 aliphatic heterocycles. The summed E-state index contributed by atoms with van der Waals surface area (Å²) in [5, 5.41) is 12.4. The molecule has 0 fully saturated rings. The Bertz CT molecular complexity index is 797. The van der Waals surface area contributed by atoms with Gasteiger partial charge in [-0.2, -0.15) is 0 Å². The summed E-state index contributed by atoms with van der Waals surface area (Å²) in [7, 11) is 0. The number of benzene rings is 2. The average Bonchev–Trinajstić information content (AvgIpc) is 2.57. The van der Waals surface area contributed by atoms with Crippen molar-refractivity contribution < 1.29 is 19.4 Å². The van der Waals surface area contributed by atoms with E-state index in [9.17, 15) is 14.7 Å². The highest BCUT2D eigenvalue weighted by Gasteiger charge is 2.23. The fourth-order valence-corrected chi connectivity index (χ4v) is 2.74. The number of amides is 1. The largest absolute Gasteiger partial charge is 0.480 e. The van der Waals surface area contributed by atoms with Gasteiger partial charge in [0.15, 0.2) is 0 Å². The van der Waals surface area contributed by atoms with Crippen molar-refractivity contribution in [1.82, 2.24) is 5.32 Å². The van der Waals surface area contributed by atoms with Gasteiger partial charge in [-0.1, -0.05) is 48.0 Å². The van der Waals surface area contributed by atoms with Crippen molar-refractivity contribution >= 4 is 23.7 Å². The molecule has 2 N–H and O–H groups in total. The second kappa shape index (κ2) is 8.91. The molecule has 2 aromatic carbocycles. The van der Waals surface area contributed by atoms with E-state index in [-0.39, 0.29) is 6.42 Å². The van der Waals surface area contributed by atoms with Crippen LogP contribution in [0.1, 0.15) is 32.8 Å². The van der Waals surface area contributed by atoms with Crippen LogP contribution in [0.25, 0.3) is 11.1 Å². The van der Waals surface area contributed by atoms with Crippen LogP contribution in [0.3, 0.4) is 0 Å². The number of nitrogens with one attached hydrogen (secondary N) is 1. The van der Waals surface area contributed by atoms with E-state index >= 15 is 0 Å². The molecule has 0 aliphatic rings. The summed E-state index contributed by atoms with van der Waals surface area (Å²) in [5.74, 6) is -1.09. The van der Waals surface area contributed by atoms with Gasteiger partial charge in [0.25, 0.3) is 0 Å². The van der Waals surface area contributed by atoms with Crippen LogP contribution in [0.4, 0.5) is 4.79 Å². The monoisotopic (exact) mass is 389 g/mol. The van der Waals surface area contributed by atoms with Crippen molar-refractivity contribution in [1.29, 1.82) is 0 Å². The molecule has 0 heterocycles. The molecular formula is C21H24ClNO4. The van der Waals surface area contributed by atoms with E-state index in [2.05, 4.69) is 5.32 Å². The smallest absolute Gasteiger partial charge is 0.408 e. The van der Waals surface area contributed by atoms with Crippen LogP contribution < -0.4 is 5.32 Å². The molecule has 0 bridgehead atoms. The Hall–Kier alpha value is -2.53. The first kappa shape index (κ1) is 20.8. The number of carboxylic acids is 1. The highest BCUT2D eigenvalue weighted by molar-refractivity contribution is 6.30. The molecule has 144 valence electrons. The van der Waals surface area contributed by atoms with Crippen molar-refractivity contribution in [2.75, 3.05) is 0 Å². The van der Waals surface area contributed by atoms with Gasteiger partial charge < -0.3 is 15.2 Å². The van der Waals surface area contributed by atoms with Gasteiger partial charge in [-0.25, -0.2) is 9.59 Å². The van der Waals surface area contributed by atoms with Gasteiger partial charge in [0, 0.05) is 5.02 Å². The quantitative estimate of drug-likeness (QED) is 0.735. The van der Waals surface area contributed by atoms with E-state index in [1.54, 1.807) is 20.8 Å². The normalized spacial score (nSPS) is 12.3. The zero-order valence-electron chi connectivity index (χ0n) is 15.7. The van der Waals surface area contributed by atoms with E-state index in [1.807, 2.05) is 48.5 Å². The summed E-state index contributed by atoms with van der Waals surface area (Å²) in [6.07, 6.45) is 0.0550. The van der Waals surface area contributed by atoms with Crippen LogP contribution in [0.15, 0.2) is 48.5 Å². The first-order valence-electron chi connectivity index (χ1n) is 8.71. The topological polar surface area (TPSA) is 75.6 Å². The maximum absolute atomic E-state index is 11.8. The first-order valence-corrected chi connectivity index (χ1v) is 9.09. The van der Waals surface area contributed by atoms with Crippen molar-refractivity contribution in [3.63, 3.8) is 0 Å². The van der Waals surface area contributed by atoms with E-state index in [4.69, 9.17) is 16.3 Å². The molecule has 0 aliphatic carbocycles. The molecule has 0 spiro atoms. The lowest BCUT2D eigenvalue weighted by atomic mass is 10.0. The minimum Gasteiger partial charge on any atom is -0.480 e. The summed E-state index contributed by atoms with van der Waals surface area (Å²) in [6.45, 7) is 5.18. The summed E-state index contributed by atoms with van der Waals surface area (Å²) in [4.78, 5) is 23.2. The Balaban J connectivity index is 1.97. The molecule has 6 heteroatoms. The number of hydrogen-bond acceptors (Lipinski definition) is 3. The van der Waals surface area contributed by atoms with Crippen molar-refractivity contribution in [3.8, 4) is 11.1 Å². The van der Waals surface area contributed by atoms with Gasteiger partial charge >= 0.3 is 12.1 Å². The number of aryl methyl sites for hydroxylation is 1. The molecule has 2 rings (SSSR count). The molecule has 0 saturated heterocycles. The summed E-state index contributed by atoms with van der Waals surface area (Å²) in [5.41, 5.74) is 2.36. The highest BCUT2D eigenvalue weighted by atomic mass is 35.5. The average molecular weight is 390 g/mol. The predicted octanol–water partition coefficient (Wildman–Crippen LogP) is 4.92. The van der Waals surface area contributed by atoms with Crippen molar-refractivity contribution in [2.24, 2.45) is 0 Å². The zero-order chi connectivity index (χ0) is 20.0. The van der Waals surface area contributed by atoms with Gasteiger partial charge in [-0.05, 0) is 62.4 Å². The standard InChI is InChI=1S/C21H24ClNO4/c1-21(2,3)27-20(26)23-18(19(24)25)12-9-14-7-10-15(11-8-14)16-5-4-6-17(22)13-16/h4-8,10-11,13,18H,9,12H2,1-3H3,(H,23,26)(H,24,25). The summed E-state index contributed by atoms with van der Waals surface area (Å²) < 4.78 is 5.12. The van der Waals surface area contributed by atoms with Crippen LogP contribution in [-0.2, 0) is 16.0 Å². The zero-order valence-corrected chi connectivity index (χ0v) is 16.4. The van der Waals surface area contributed by atoms with Crippen LogP contribution in [0, 0.1) is 0 Å².